The zero-order valence-corrected chi connectivity index (χ0v) is 11.0. The monoisotopic (exact) mass is 281 g/mol. The van der Waals surface area contributed by atoms with Gasteiger partial charge in [0.2, 0.25) is 0 Å². The van der Waals surface area contributed by atoms with E-state index in [4.69, 9.17) is 0 Å². The fraction of sp³-hybridized carbons (Fsp3) is 0.583. The van der Waals surface area contributed by atoms with Gasteiger partial charge >= 0.3 is 0 Å². The Bertz CT molecular complexity index is 407. The number of fused-ring (bicyclic) bond motifs is 1. The minimum atomic E-state index is 0.568. The van der Waals surface area contributed by atoms with Crippen LogP contribution in [0.1, 0.15) is 18.4 Å². The van der Waals surface area contributed by atoms with Gasteiger partial charge in [-0.2, -0.15) is 0 Å². The summed E-state index contributed by atoms with van der Waals surface area (Å²) in [5, 5.41) is 3.64. The molecule has 1 aromatic heterocycles. The zero-order chi connectivity index (χ0) is 11.1. The first-order valence-electron chi connectivity index (χ1n) is 5.85. The van der Waals surface area contributed by atoms with Crippen molar-refractivity contribution in [3.63, 3.8) is 0 Å². The van der Waals surface area contributed by atoms with Crippen molar-refractivity contribution in [2.75, 3.05) is 18.9 Å². The van der Waals surface area contributed by atoms with Crippen LogP contribution in [0.5, 0.6) is 0 Å². The Morgan fingerprint density at radius 3 is 3.19 bits per heavy atom. The van der Waals surface area contributed by atoms with Gasteiger partial charge in [0.1, 0.15) is 4.60 Å². The Morgan fingerprint density at radius 2 is 2.44 bits per heavy atom. The predicted molar refractivity (Wildman–Crippen MR) is 68.7 cm³/mol. The number of nitrogens with one attached hydrogen (secondary N) is 1. The van der Waals surface area contributed by atoms with Crippen molar-refractivity contribution in [2.24, 2.45) is 0 Å². The maximum atomic E-state index is 4.29. The van der Waals surface area contributed by atoms with E-state index in [2.05, 4.69) is 44.2 Å². The van der Waals surface area contributed by atoms with Crippen LogP contribution >= 0.6 is 15.9 Å². The molecule has 1 N–H and O–H groups in total. The van der Waals surface area contributed by atoms with Crippen molar-refractivity contribution >= 4 is 21.6 Å². The fourth-order valence-electron chi connectivity index (χ4n) is 2.92. The SMILES string of the molecule is CN1CCC[C@@H]1C1Cc2cnc(Br)cc2N1. The number of halogens is 1. The summed E-state index contributed by atoms with van der Waals surface area (Å²) in [7, 11) is 2.23. The van der Waals surface area contributed by atoms with Gasteiger partial charge in [0.25, 0.3) is 0 Å². The Balaban J connectivity index is 1.80. The van der Waals surface area contributed by atoms with E-state index < -0.39 is 0 Å². The first-order valence-corrected chi connectivity index (χ1v) is 6.64. The molecule has 0 spiro atoms. The molecule has 3 nitrogen and oxygen atoms in total. The average Bonchev–Trinajstić information content (AvgIpc) is 2.82. The molecule has 0 amide bonds. The molecular formula is C12H16BrN3. The third kappa shape index (κ3) is 1.74. The smallest absolute Gasteiger partial charge is 0.108 e. The Kier molecular flexibility index (Phi) is 2.64. The van der Waals surface area contributed by atoms with Crippen molar-refractivity contribution in [2.45, 2.75) is 31.3 Å². The van der Waals surface area contributed by atoms with Gasteiger partial charge in [-0.3, -0.25) is 0 Å². The van der Waals surface area contributed by atoms with Crippen LogP contribution in [0.15, 0.2) is 16.9 Å². The van der Waals surface area contributed by atoms with Gasteiger partial charge in [-0.15, -0.1) is 0 Å². The molecule has 0 radical (unpaired) electrons. The Hall–Kier alpha value is -0.610. The third-order valence-electron chi connectivity index (χ3n) is 3.78. The molecule has 3 heterocycles. The van der Waals surface area contributed by atoms with Crippen molar-refractivity contribution in [3.8, 4) is 0 Å². The molecule has 1 unspecified atom stereocenters. The lowest BCUT2D eigenvalue weighted by Crippen LogP contribution is -2.40. The number of aromatic nitrogens is 1. The maximum Gasteiger partial charge on any atom is 0.108 e. The summed E-state index contributed by atoms with van der Waals surface area (Å²) in [5.41, 5.74) is 2.61. The molecule has 1 fully saturated rings. The molecule has 2 aliphatic heterocycles. The Labute approximate surface area is 104 Å². The lowest BCUT2D eigenvalue weighted by Gasteiger charge is -2.26. The van der Waals surface area contributed by atoms with E-state index >= 15 is 0 Å². The molecule has 0 aromatic carbocycles. The lowest BCUT2D eigenvalue weighted by atomic mass is 10.0. The molecule has 0 bridgehead atoms. The molecular weight excluding hydrogens is 266 g/mol. The molecule has 16 heavy (non-hydrogen) atoms. The maximum absolute atomic E-state index is 4.29. The summed E-state index contributed by atoms with van der Waals surface area (Å²) in [4.78, 5) is 6.77. The van der Waals surface area contributed by atoms with Gasteiger partial charge < -0.3 is 10.2 Å². The van der Waals surface area contributed by atoms with E-state index in [1.165, 1.54) is 30.6 Å². The number of hydrogen-bond donors (Lipinski definition) is 1. The normalized spacial score (nSPS) is 29.1. The molecule has 86 valence electrons. The van der Waals surface area contributed by atoms with Crippen LogP contribution in [0.4, 0.5) is 5.69 Å². The highest BCUT2D eigenvalue weighted by Gasteiger charge is 2.33. The summed E-state index contributed by atoms with van der Waals surface area (Å²) in [6.07, 6.45) is 5.75. The topological polar surface area (TPSA) is 28.2 Å². The van der Waals surface area contributed by atoms with Gasteiger partial charge in [-0.05, 0) is 60.4 Å². The summed E-state index contributed by atoms with van der Waals surface area (Å²) >= 11 is 3.42. The molecule has 1 saturated heterocycles. The minimum Gasteiger partial charge on any atom is -0.380 e. The van der Waals surface area contributed by atoms with E-state index in [-0.39, 0.29) is 0 Å². The zero-order valence-electron chi connectivity index (χ0n) is 9.41. The molecule has 0 saturated carbocycles. The number of likely N-dealkylation sites (N-methyl/N-ethyl adjacent to an activating group) is 1. The van der Waals surface area contributed by atoms with E-state index in [1.54, 1.807) is 0 Å². The highest BCUT2D eigenvalue weighted by molar-refractivity contribution is 9.10. The number of rotatable bonds is 1. The van der Waals surface area contributed by atoms with Crippen LogP contribution in [-0.4, -0.2) is 35.6 Å². The van der Waals surface area contributed by atoms with E-state index in [0.717, 1.165) is 11.0 Å². The first-order chi connectivity index (χ1) is 7.74. The van der Waals surface area contributed by atoms with Gasteiger partial charge in [0.15, 0.2) is 0 Å². The number of likely N-dealkylation sites (tertiary alicyclic amines) is 1. The van der Waals surface area contributed by atoms with Crippen molar-refractivity contribution in [3.05, 3.63) is 22.4 Å². The highest BCUT2D eigenvalue weighted by atomic mass is 79.9. The van der Waals surface area contributed by atoms with E-state index in [0.29, 0.717) is 12.1 Å². The second-order valence-electron chi connectivity index (χ2n) is 4.81. The van der Waals surface area contributed by atoms with Crippen LogP contribution in [0.25, 0.3) is 0 Å². The van der Waals surface area contributed by atoms with Gasteiger partial charge in [0.05, 0.1) is 0 Å². The van der Waals surface area contributed by atoms with Gasteiger partial charge in [-0.1, -0.05) is 0 Å². The van der Waals surface area contributed by atoms with Crippen molar-refractivity contribution in [1.82, 2.24) is 9.88 Å². The van der Waals surface area contributed by atoms with Gasteiger partial charge in [-0.25, -0.2) is 4.98 Å². The van der Waals surface area contributed by atoms with Gasteiger partial charge in [0, 0.05) is 24.0 Å². The molecule has 0 aliphatic carbocycles. The molecule has 1 aromatic rings. The number of anilines is 1. The summed E-state index contributed by atoms with van der Waals surface area (Å²) < 4.78 is 0.916. The van der Waals surface area contributed by atoms with Crippen LogP contribution in [0.3, 0.4) is 0 Å². The quantitative estimate of drug-likeness (QED) is 0.801. The molecule has 2 aliphatic rings. The number of hydrogen-bond acceptors (Lipinski definition) is 3. The number of nitrogens with zero attached hydrogens (tertiary/aromatic N) is 2. The largest absolute Gasteiger partial charge is 0.380 e. The van der Waals surface area contributed by atoms with E-state index in [1.807, 2.05) is 6.20 Å². The third-order valence-corrected chi connectivity index (χ3v) is 4.21. The summed E-state index contributed by atoms with van der Waals surface area (Å²) in [6, 6.07) is 3.34. The molecule has 3 rings (SSSR count). The van der Waals surface area contributed by atoms with E-state index in [9.17, 15) is 0 Å². The molecule has 4 heteroatoms. The minimum absolute atomic E-state index is 0.568. The van der Waals surface area contributed by atoms with Crippen LogP contribution in [0.2, 0.25) is 0 Å². The van der Waals surface area contributed by atoms with Crippen molar-refractivity contribution < 1.29 is 0 Å². The lowest BCUT2D eigenvalue weighted by molar-refractivity contribution is 0.283. The summed E-state index contributed by atoms with van der Waals surface area (Å²) in [5.74, 6) is 0. The Morgan fingerprint density at radius 1 is 1.56 bits per heavy atom. The number of pyridine rings is 1. The highest BCUT2D eigenvalue weighted by Crippen LogP contribution is 2.32. The second-order valence-corrected chi connectivity index (χ2v) is 5.62. The first kappa shape index (κ1) is 10.5. The van der Waals surface area contributed by atoms with Crippen molar-refractivity contribution in [1.29, 1.82) is 0 Å². The summed E-state index contributed by atoms with van der Waals surface area (Å²) in [6.45, 7) is 1.24. The van der Waals surface area contributed by atoms with Crippen LogP contribution in [0, 0.1) is 0 Å². The second kappa shape index (κ2) is 4.00. The fourth-order valence-corrected chi connectivity index (χ4v) is 3.25. The average molecular weight is 282 g/mol. The van der Waals surface area contributed by atoms with Crippen LogP contribution in [-0.2, 0) is 6.42 Å². The standard InChI is InChI=1S/C12H16BrN3/c1-16-4-2-3-11(16)10-5-8-7-14-12(13)6-9(8)15-10/h6-7,10-11,15H,2-5H2,1H3/t10?,11-/m1/s1. The molecule has 2 atom stereocenters. The predicted octanol–water partition coefficient (Wildman–Crippen LogP) is 2.27. The van der Waals surface area contributed by atoms with Crippen LogP contribution < -0.4 is 5.32 Å².